The van der Waals surface area contributed by atoms with Crippen LogP contribution in [0.4, 0.5) is 4.39 Å². The van der Waals surface area contributed by atoms with Crippen molar-refractivity contribution in [2.75, 3.05) is 6.61 Å². The molecule has 1 fully saturated rings. The van der Waals surface area contributed by atoms with Gasteiger partial charge in [0.05, 0.1) is 24.1 Å². The molecular formula is C20H29FN2O3. The molecule has 1 heterocycles. The highest BCUT2D eigenvalue weighted by atomic mass is 19.1. The monoisotopic (exact) mass is 364 g/mol. The number of amides is 1. The first-order valence-electron chi connectivity index (χ1n) is 9.24. The lowest BCUT2D eigenvalue weighted by Gasteiger charge is -2.39. The molecule has 1 amide bonds. The van der Waals surface area contributed by atoms with E-state index < -0.39 is 11.5 Å². The number of ether oxygens (including phenoxy) is 1. The van der Waals surface area contributed by atoms with Gasteiger partial charge in [0, 0.05) is 6.04 Å². The summed E-state index contributed by atoms with van der Waals surface area (Å²) in [6.07, 6.45) is 1.78. The Morgan fingerprint density at radius 3 is 2.62 bits per heavy atom. The molecule has 2 N–H and O–H groups in total. The van der Waals surface area contributed by atoms with Crippen LogP contribution < -0.4 is 5.73 Å². The summed E-state index contributed by atoms with van der Waals surface area (Å²) in [5, 5.41) is 0. The average molecular weight is 364 g/mol. The smallest absolute Gasteiger partial charge is 0.313 e. The third-order valence-electron chi connectivity index (χ3n) is 5.26. The van der Waals surface area contributed by atoms with Crippen LogP contribution in [0.2, 0.25) is 0 Å². The highest BCUT2D eigenvalue weighted by molar-refractivity contribution is 5.84. The van der Waals surface area contributed by atoms with E-state index in [4.69, 9.17) is 10.5 Å². The molecule has 1 saturated heterocycles. The molecule has 1 aliphatic rings. The number of benzene rings is 1. The van der Waals surface area contributed by atoms with E-state index in [-0.39, 0.29) is 36.4 Å². The van der Waals surface area contributed by atoms with Gasteiger partial charge in [0.2, 0.25) is 5.91 Å². The number of carbonyl (C=O) groups is 2. The van der Waals surface area contributed by atoms with Crippen LogP contribution in [0.1, 0.15) is 58.6 Å². The van der Waals surface area contributed by atoms with Crippen LogP contribution in [0.15, 0.2) is 24.3 Å². The van der Waals surface area contributed by atoms with Crippen LogP contribution in [0.5, 0.6) is 0 Å². The number of hydrogen-bond donors (Lipinski definition) is 1. The van der Waals surface area contributed by atoms with Gasteiger partial charge in [0.15, 0.2) is 0 Å². The lowest BCUT2D eigenvalue weighted by molar-refractivity contribution is -0.159. The molecule has 3 atom stereocenters. The number of hydrogen-bond acceptors (Lipinski definition) is 4. The normalized spacial score (nSPS) is 21.5. The number of carbonyl (C=O) groups excluding carboxylic acids is 2. The quantitative estimate of drug-likeness (QED) is 0.787. The topological polar surface area (TPSA) is 72.6 Å². The number of rotatable bonds is 6. The first-order valence-corrected chi connectivity index (χ1v) is 9.24. The first kappa shape index (κ1) is 20.4. The molecule has 0 aromatic heterocycles. The third-order valence-corrected chi connectivity index (χ3v) is 5.26. The Morgan fingerprint density at radius 1 is 1.35 bits per heavy atom. The molecule has 0 aliphatic carbocycles. The Hall–Kier alpha value is -1.95. The summed E-state index contributed by atoms with van der Waals surface area (Å²) in [5.74, 6) is -0.891. The third kappa shape index (κ3) is 3.90. The van der Waals surface area contributed by atoms with Gasteiger partial charge in [-0.2, -0.15) is 0 Å². The largest absolute Gasteiger partial charge is 0.466 e. The zero-order valence-corrected chi connectivity index (χ0v) is 16.0. The van der Waals surface area contributed by atoms with E-state index >= 15 is 0 Å². The fourth-order valence-electron chi connectivity index (χ4n) is 3.69. The van der Waals surface area contributed by atoms with Crippen LogP contribution in [-0.2, 0) is 14.3 Å². The van der Waals surface area contributed by atoms with Gasteiger partial charge in [-0.1, -0.05) is 19.1 Å². The molecule has 144 valence electrons. The molecule has 1 aromatic rings. The minimum Gasteiger partial charge on any atom is -0.466 e. The zero-order chi connectivity index (χ0) is 19.5. The molecule has 1 aliphatic heterocycles. The van der Waals surface area contributed by atoms with Crippen LogP contribution >= 0.6 is 0 Å². The lowest BCUT2D eigenvalue weighted by Crippen LogP contribution is -2.53. The molecule has 0 spiro atoms. The predicted molar refractivity (Wildman–Crippen MR) is 97.7 cm³/mol. The SMILES string of the molecule is CCOC(=O)C(C)(C)[C@H]1CC[C@@H](c2cccc(F)c2)N1C(=O)[C@H](N)CC. The second-order valence-electron chi connectivity index (χ2n) is 7.37. The molecule has 0 bridgehead atoms. The summed E-state index contributed by atoms with van der Waals surface area (Å²) in [4.78, 5) is 27.2. The molecule has 0 unspecified atom stereocenters. The molecule has 1 aromatic carbocycles. The number of nitrogens with zero attached hydrogens (tertiary/aromatic N) is 1. The van der Waals surface area contributed by atoms with E-state index in [1.807, 2.05) is 13.0 Å². The number of likely N-dealkylation sites (tertiary alicyclic amines) is 1. The standard InChI is InChI=1S/C20H29FN2O3/c1-5-15(22)18(24)23-16(13-8-7-9-14(21)12-13)10-11-17(23)20(3,4)19(25)26-6-2/h7-9,12,15-17H,5-6,10-11,22H2,1-4H3/t15-,16+,17-/m1/s1. The second-order valence-corrected chi connectivity index (χ2v) is 7.37. The number of nitrogens with two attached hydrogens (primary N) is 1. The Labute approximate surface area is 154 Å². The average Bonchev–Trinajstić information content (AvgIpc) is 3.06. The summed E-state index contributed by atoms with van der Waals surface area (Å²) in [6, 6.07) is 4.98. The number of halogens is 1. The van der Waals surface area contributed by atoms with Crippen molar-refractivity contribution in [1.29, 1.82) is 0 Å². The molecule has 2 rings (SSSR count). The van der Waals surface area contributed by atoms with Gasteiger partial charge < -0.3 is 15.4 Å². The van der Waals surface area contributed by atoms with E-state index in [9.17, 15) is 14.0 Å². The summed E-state index contributed by atoms with van der Waals surface area (Å²) in [7, 11) is 0. The fraction of sp³-hybridized carbons (Fsp3) is 0.600. The summed E-state index contributed by atoms with van der Waals surface area (Å²) < 4.78 is 19.0. The van der Waals surface area contributed by atoms with Crippen LogP contribution in [0.25, 0.3) is 0 Å². The molecule has 6 heteroatoms. The van der Waals surface area contributed by atoms with Crippen LogP contribution in [0.3, 0.4) is 0 Å². The van der Waals surface area contributed by atoms with Crippen molar-refractivity contribution in [2.45, 2.75) is 65.1 Å². The van der Waals surface area contributed by atoms with E-state index in [1.54, 1.807) is 31.7 Å². The zero-order valence-electron chi connectivity index (χ0n) is 16.0. The van der Waals surface area contributed by atoms with Crippen molar-refractivity contribution in [1.82, 2.24) is 4.90 Å². The minimum absolute atomic E-state index is 0.207. The Balaban J connectivity index is 2.42. The summed E-state index contributed by atoms with van der Waals surface area (Å²) in [5.41, 5.74) is 5.88. The molecule has 26 heavy (non-hydrogen) atoms. The van der Waals surface area contributed by atoms with Gasteiger partial charge >= 0.3 is 5.97 Å². The van der Waals surface area contributed by atoms with Crippen LogP contribution in [-0.4, -0.2) is 35.5 Å². The van der Waals surface area contributed by atoms with Crippen molar-refractivity contribution in [3.05, 3.63) is 35.6 Å². The number of esters is 1. The van der Waals surface area contributed by atoms with Crippen molar-refractivity contribution >= 4 is 11.9 Å². The second kappa shape index (κ2) is 8.16. The van der Waals surface area contributed by atoms with Crippen LogP contribution in [0, 0.1) is 11.2 Å². The lowest BCUT2D eigenvalue weighted by atomic mass is 9.82. The fourth-order valence-corrected chi connectivity index (χ4v) is 3.69. The highest BCUT2D eigenvalue weighted by Gasteiger charge is 2.49. The van der Waals surface area contributed by atoms with E-state index in [2.05, 4.69) is 0 Å². The molecule has 0 saturated carbocycles. The van der Waals surface area contributed by atoms with Crippen molar-refractivity contribution in [3.63, 3.8) is 0 Å². The van der Waals surface area contributed by atoms with Gasteiger partial charge in [-0.15, -0.1) is 0 Å². The van der Waals surface area contributed by atoms with E-state index in [1.165, 1.54) is 12.1 Å². The predicted octanol–water partition coefficient (Wildman–Crippen LogP) is 3.18. The summed E-state index contributed by atoms with van der Waals surface area (Å²) >= 11 is 0. The first-order chi connectivity index (χ1) is 12.2. The maximum absolute atomic E-state index is 13.7. The van der Waals surface area contributed by atoms with Crippen molar-refractivity contribution in [2.24, 2.45) is 11.1 Å². The van der Waals surface area contributed by atoms with Gasteiger partial charge in [0.1, 0.15) is 5.82 Å². The highest BCUT2D eigenvalue weighted by Crippen LogP contribution is 2.44. The van der Waals surface area contributed by atoms with E-state index in [0.29, 0.717) is 19.3 Å². The molecule has 0 radical (unpaired) electrons. The van der Waals surface area contributed by atoms with Gasteiger partial charge in [0.25, 0.3) is 0 Å². The van der Waals surface area contributed by atoms with Gasteiger partial charge in [-0.05, 0) is 57.7 Å². The molecular weight excluding hydrogens is 335 g/mol. The Morgan fingerprint density at radius 2 is 2.04 bits per heavy atom. The minimum atomic E-state index is -0.874. The van der Waals surface area contributed by atoms with Crippen molar-refractivity contribution < 1.29 is 18.7 Å². The maximum Gasteiger partial charge on any atom is 0.313 e. The molecule has 5 nitrogen and oxygen atoms in total. The van der Waals surface area contributed by atoms with E-state index in [0.717, 1.165) is 5.56 Å². The summed E-state index contributed by atoms with van der Waals surface area (Å²) in [6.45, 7) is 7.48. The van der Waals surface area contributed by atoms with Gasteiger partial charge in [-0.25, -0.2) is 4.39 Å². The van der Waals surface area contributed by atoms with Gasteiger partial charge in [-0.3, -0.25) is 9.59 Å². The maximum atomic E-state index is 13.7. The Bertz CT molecular complexity index is 662. The Kier molecular flexibility index (Phi) is 6.39. The van der Waals surface area contributed by atoms with Crippen molar-refractivity contribution in [3.8, 4) is 0 Å².